The molecule has 0 aromatic heterocycles. The number of hydrogen-bond acceptors (Lipinski definition) is 6. The third kappa shape index (κ3) is 48.9. The molecule has 0 saturated heterocycles. The number of allylic oxidation sites excluding steroid dienone is 4. The van der Waals surface area contributed by atoms with Crippen LogP contribution in [0.1, 0.15) is 297 Å². The zero-order chi connectivity index (χ0) is 45.1. The predicted octanol–water partition coefficient (Wildman–Crippen LogP) is 17.9. The van der Waals surface area contributed by atoms with Gasteiger partial charge in [-0.15, -0.1) is 0 Å². The van der Waals surface area contributed by atoms with Gasteiger partial charge in [0.2, 0.25) is 0 Å². The van der Waals surface area contributed by atoms with Crippen LogP contribution in [0.15, 0.2) is 24.3 Å². The van der Waals surface area contributed by atoms with Gasteiger partial charge in [0.15, 0.2) is 6.10 Å². The van der Waals surface area contributed by atoms with Crippen molar-refractivity contribution in [1.29, 1.82) is 0 Å². The third-order valence-corrected chi connectivity index (χ3v) is 12.2. The highest BCUT2D eigenvalue weighted by Gasteiger charge is 2.19. The largest absolute Gasteiger partial charge is 0.462 e. The maximum atomic E-state index is 12.8. The fourth-order valence-electron chi connectivity index (χ4n) is 8.09. The molecule has 1 atom stereocenters. The third-order valence-electron chi connectivity index (χ3n) is 12.2. The van der Waals surface area contributed by atoms with E-state index in [1.54, 1.807) is 0 Å². The van der Waals surface area contributed by atoms with Gasteiger partial charge in [0, 0.05) is 19.3 Å². The highest BCUT2D eigenvalue weighted by atomic mass is 16.6. The molecule has 0 bridgehead atoms. The predicted molar refractivity (Wildman–Crippen MR) is 266 cm³/mol. The molecule has 1 unspecified atom stereocenters. The van der Waals surface area contributed by atoms with Gasteiger partial charge in [0.25, 0.3) is 0 Å². The van der Waals surface area contributed by atoms with Crippen molar-refractivity contribution in [1.82, 2.24) is 0 Å². The van der Waals surface area contributed by atoms with Gasteiger partial charge in [-0.2, -0.15) is 0 Å². The molecule has 0 aromatic rings. The maximum absolute atomic E-state index is 12.8. The lowest BCUT2D eigenvalue weighted by Gasteiger charge is -2.18. The molecule has 62 heavy (non-hydrogen) atoms. The summed E-state index contributed by atoms with van der Waals surface area (Å²) in [6, 6.07) is 0. The van der Waals surface area contributed by atoms with Gasteiger partial charge in [-0.3, -0.25) is 14.4 Å². The van der Waals surface area contributed by atoms with E-state index in [4.69, 9.17) is 14.2 Å². The van der Waals surface area contributed by atoms with Gasteiger partial charge in [-0.05, 0) is 38.5 Å². The zero-order valence-electron chi connectivity index (χ0n) is 41.7. The van der Waals surface area contributed by atoms with Crippen molar-refractivity contribution in [2.45, 2.75) is 303 Å². The van der Waals surface area contributed by atoms with Crippen LogP contribution in [0.4, 0.5) is 0 Å². The Morgan fingerprint density at radius 3 is 0.984 bits per heavy atom. The van der Waals surface area contributed by atoms with E-state index in [-0.39, 0.29) is 37.5 Å². The van der Waals surface area contributed by atoms with Crippen molar-refractivity contribution in [2.75, 3.05) is 13.2 Å². The number of carbonyl (C=O) groups is 3. The summed E-state index contributed by atoms with van der Waals surface area (Å²) in [5, 5.41) is 0. The summed E-state index contributed by atoms with van der Waals surface area (Å²) in [6.45, 7) is 6.62. The molecule has 0 amide bonds. The average Bonchev–Trinajstić information content (AvgIpc) is 3.27. The summed E-state index contributed by atoms with van der Waals surface area (Å²) >= 11 is 0. The van der Waals surface area contributed by atoms with E-state index >= 15 is 0 Å². The smallest absolute Gasteiger partial charge is 0.306 e. The summed E-state index contributed by atoms with van der Waals surface area (Å²) < 4.78 is 16.8. The first kappa shape index (κ1) is 59.9. The summed E-state index contributed by atoms with van der Waals surface area (Å²) in [7, 11) is 0. The van der Waals surface area contributed by atoms with E-state index in [0.29, 0.717) is 19.3 Å². The highest BCUT2D eigenvalue weighted by Crippen LogP contribution is 2.16. The molecule has 0 aliphatic carbocycles. The Hall–Kier alpha value is -2.11. The lowest BCUT2D eigenvalue weighted by Crippen LogP contribution is -2.30. The highest BCUT2D eigenvalue weighted by molar-refractivity contribution is 5.71. The Balaban J connectivity index is 4.37. The van der Waals surface area contributed by atoms with Crippen LogP contribution in [0.2, 0.25) is 0 Å². The second-order valence-electron chi connectivity index (χ2n) is 18.5. The van der Waals surface area contributed by atoms with E-state index < -0.39 is 6.10 Å². The van der Waals surface area contributed by atoms with Crippen molar-refractivity contribution in [3.05, 3.63) is 24.3 Å². The first-order chi connectivity index (χ1) is 30.5. The van der Waals surface area contributed by atoms with Crippen LogP contribution >= 0.6 is 0 Å². The zero-order valence-corrected chi connectivity index (χ0v) is 41.7. The number of ether oxygens (including phenoxy) is 3. The molecule has 0 rings (SSSR count). The maximum Gasteiger partial charge on any atom is 0.306 e. The van der Waals surface area contributed by atoms with Gasteiger partial charge in [0.05, 0.1) is 0 Å². The van der Waals surface area contributed by atoms with Gasteiger partial charge in [-0.1, -0.05) is 263 Å². The Morgan fingerprint density at radius 2 is 0.613 bits per heavy atom. The molecule has 0 aliphatic rings. The van der Waals surface area contributed by atoms with Crippen LogP contribution in [-0.2, 0) is 28.6 Å². The van der Waals surface area contributed by atoms with Gasteiger partial charge in [0.1, 0.15) is 13.2 Å². The lowest BCUT2D eigenvalue weighted by molar-refractivity contribution is -0.166. The SMILES string of the molecule is CCCCCCCC/C=C/C/C=C/CCC(=O)OCC(COC(=O)CCCCCCCCCCCCCCCCCC)OC(=O)CCCCCCCCCCCCCCCCC. The normalized spacial score (nSPS) is 12.1. The first-order valence-corrected chi connectivity index (χ1v) is 27.3. The number of esters is 3. The topological polar surface area (TPSA) is 78.9 Å². The fraction of sp³-hybridized carbons (Fsp3) is 0.875. The molecule has 0 spiro atoms. The summed E-state index contributed by atoms with van der Waals surface area (Å²) in [6.07, 6.45) is 58.9. The van der Waals surface area contributed by atoms with E-state index in [9.17, 15) is 14.4 Å². The Labute approximate surface area is 385 Å². The van der Waals surface area contributed by atoms with Gasteiger partial charge >= 0.3 is 17.9 Å². The molecule has 364 valence electrons. The van der Waals surface area contributed by atoms with Crippen molar-refractivity contribution >= 4 is 17.9 Å². The van der Waals surface area contributed by atoms with Crippen molar-refractivity contribution in [2.24, 2.45) is 0 Å². The average molecular weight is 873 g/mol. The minimum atomic E-state index is -0.787. The quantitative estimate of drug-likeness (QED) is 0.0262. The summed E-state index contributed by atoms with van der Waals surface area (Å²) in [5.41, 5.74) is 0. The van der Waals surface area contributed by atoms with E-state index in [2.05, 4.69) is 39.0 Å². The standard InChI is InChI=1S/C56H104O6/c1-4-7-10-13-16-19-22-25-27-29-31-34-37-40-43-46-49-55(58)61-52-53(51-60-54(57)48-45-42-39-36-33-30-24-21-18-15-12-9-6-3)62-56(59)50-47-44-41-38-35-32-28-26-23-20-17-14-11-8-5-2/h30,33,39,42,53H,4-29,31-32,34-38,40-41,43-52H2,1-3H3/b33-30+,42-39+. The van der Waals surface area contributed by atoms with Crippen LogP contribution in [0.3, 0.4) is 0 Å². The van der Waals surface area contributed by atoms with Crippen molar-refractivity contribution < 1.29 is 28.6 Å². The monoisotopic (exact) mass is 873 g/mol. The molecule has 0 radical (unpaired) electrons. The molecule has 6 nitrogen and oxygen atoms in total. The second kappa shape index (κ2) is 51.5. The minimum Gasteiger partial charge on any atom is -0.462 e. The molecule has 6 heteroatoms. The summed E-state index contributed by atoms with van der Waals surface area (Å²) in [5.74, 6) is -0.936. The van der Waals surface area contributed by atoms with Gasteiger partial charge < -0.3 is 14.2 Å². The molecular formula is C56H104O6. The van der Waals surface area contributed by atoms with Crippen LogP contribution in [-0.4, -0.2) is 37.2 Å². The van der Waals surface area contributed by atoms with Crippen LogP contribution in [0.25, 0.3) is 0 Å². The Bertz CT molecular complexity index is 1000. The number of rotatable bonds is 50. The van der Waals surface area contributed by atoms with Gasteiger partial charge in [-0.25, -0.2) is 0 Å². The van der Waals surface area contributed by atoms with Crippen molar-refractivity contribution in [3.63, 3.8) is 0 Å². The fourth-order valence-corrected chi connectivity index (χ4v) is 8.09. The van der Waals surface area contributed by atoms with E-state index in [0.717, 1.165) is 51.4 Å². The molecular weight excluding hydrogens is 769 g/mol. The second-order valence-corrected chi connectivity index (χ2v) is 18.5. The van der Waals surface area contributed by atoms with E-state index in [1.807, 2.05) is 6.08 Å². The van der Waals surface area contributed by atoms with Crippen LogP contribution in [0, 0.1) is 0 Å². The summed E-state index contributed by atoms with van der Waals surface area (Å²) in [4.78, 5) is 38.0. The molecule has 0 N–H and O–H groups in total. The first-order valence-electron chi connectivity index (χ1n) is 27.3. The minimum absolute atomic E-state index is 0.0828. The lowest BCUT2D eigenvalue weighted by atomic mass is 10.0. The Morgan fingerprint density at radius 1 is 0.323 bits per heavy atom. The number of hydrogen-bond donors (Lipinski definition) is 0. The van der Waals surface area contributed by atoms with E-state index in [1.165, 1.54) is 199 Å². The number of carbonyl (C=O) groups excluding carboxylic acids is 3. The van der Waals surface area contributed by atoms with Crippen LogP contribution in [0.5, 0.6) is 0 Å². The van der Waals surface area contributed by atoms with Crippen LogP contribution < -0.4 is 0 Å². The van der Waals surface area contributed by atoms with Crippen molar-refractivity contribution in [3.8, 4) is 0 Å². The Kier molecular flexibility index (Phi) is 49.8. The molecule has 0 aliphatic heterocycles. The molecule has 0 saturated carbocycles. The molecule has 0 aromatic carbocycles. The number of unbranched alkanes of at least 4 members (excludes halogenated alkanes) is 35. The molecule has 0 heterocycles. The molecule has 0 fully saturated rings.